The third-order valence-corrected chi connectivity index (χ3v) is 4.37. The average Bonchev–Trinajstić information content (AvgIpc) is 2.21. The van der Waals surface area contributed by atoms with Crippen LogP contribution in [0.4, 0.5) is 0 Å². The van der Waals surface area contributed by atoms with Crippen molar-refractivity contribution in [1.29, 1.82) is 0 Å². The van der Waals surface area contributed by atoms with Crippen molar-refractivity contribution in [2.45, 2.75) is 60.1 Å². The van der Waals surface area contributed by atoms with E-state index < -0.39 is 0 Å². The number of hydrogen-bond acceptors (Lipinski definition) is 2. The van der Waals surface area contributed by atoms with Crippen molar-refractivity contribution in [3.63, 3.8) is 0 Å². The lowest BCUT2D eigenvalue weighted by molar-refractivity contribution is -0.114. The number of hydrogen-bond donors (Lipinski definition) is 1. The van der Waals surface area contributed by atoms with Gasteiger partial charge in [-0.1, -0.05) is 34.6 Å². The predicted molar refractivity (Wildman–Crippen MR) is 69.6 cm³/mol. The molecule has 1 N–H and O–H groups in total. The van der Waals surface area contributed by atoms with E-state index in [1.807, 2.05) is 0 Å². The second kappa shape index (κ2) is 5.50. The Labute approximate surface area is 101 Å². The lowest BCUT2D eigenvalue weighted by Crippen LogP contribution is -2.61. The normalized spacial score (nSPS) is 30.2. The summed E-state index contributed by atoms with van der Waals surface area (Å²) < 4.78 is 5.74. The first-order chi connectivity index (χ1) is 7.39. The van der Waals surface area contributed by atoms with Gasteiger partial charge in [0.2, 0.25) is 0 Å². The van der Waals surface area contributed by atoms with Crippen LogP contribution >= 0.6 is 0 Å². The van der Waals surface area contributed by atoms with Gasteiger partial charge in [-0.15, -0.1) is 0 Å². The lowest BCUT2D eigenvalue weighted by atomic mass is 9.64. The van der Waals surface area contributed by atoms with Gasteiger partial charge in [0, 0.05) is 18.1 Å². The van der Waals surface area contributed by atoms with Crippen molar-refractivity contribution in [2.24, 2.45) is 17.3 Å². The second-order valence-corrected chi connectivity index (χ2v) is 6.18. The zero-order valence-corrected chi connectivity index (χ0v) is 11.8. The molecule has 2 nitrogen and oxygen atoms in total. The maximum Gasteiger partial charge on any atom is 0.0655 e. The maximum atomic E-state index is 5.74. The predicted octanol–water partition coefficient (Wildman–Crippen LogP) is 3.07. The van der Waals surface area contributed by atoms with Crippen LogP contribution in [0.5, 0.6) is 0 Å². The topological polar surface area (TPSA) is 21.3 Å². The van der Waals surface area contributed by atoms with E-state index in [1.54, 1.807) is 0 Å². The highest BCUT2D eigenvalue weighted by atomic mass is 16.5. The Hall–Kier alpha value is -0.0800. The minimum absolute atomic E-state index is 0.298. The highest BCUT2D eigenvalue weighted by Gasteiger charge is 2.48. The smallest absolute Gasteiger partial charge is 0.0655 e. The molecule has 96 valence electrons. The van der Waals surface area contributed by atoms with Crippen LogP contribution in [-0.4, -0.2) is 25.3 Å². The van der Waals surface area contributed by atoms with Crippen molar-refractivity contribution in [3.8, 4) is 0 Å². The molecule has 0 saturated heterocycles. The van der Waals surface area contributed by atoms with Gasteiger partial charge in [0.15, 0.2) is 0 Å². The molecular weight excluding hydrogens is 198 g/mol. The van der Waals surface area contributed by atoms with Crippen LogP contribution in [0.15, 0.2) is 0 Å². The fraction of sp³-hybridized carbons (Fsp3) is 1.00. The molecule has 0 amide bonds. The van der Waals surface area contributed by atoms with Gasteiger partial charge in [-0.3, -0.25) is 0 Å². The zero-order valence-electron chi connectivity index (χ0n) is 11.8. The van der Waals surface area contributed by atoms with Crippen molar-refractivity contribution >= 4 is 0 Å². The first-order valence-corrected chi connectivity index (χ1v) is 6.74. The van der Waals surface area contributed by atoms with Crippen molar-refractivity contribution in [3.05, 3.63) is 0 Å². The van der Waals surface area contributed by atoms with Crippen LogP contribution in [0.25, 0.3) is 0 Å². The van der Waals surface area contributed by atoms with Crippen LogP contribution in [0.1, 0.15) is 48.0 Å². The molecular formula is C14H29NO. The third kappa shape index (κ3) is 2.98. The van der Waals surface area contributed by atoms with Crippen LogP contribution in [0.2, 0.25) is 0 Å². The Morgan fingerprint density at radius 2 is 1.94 bits per heavy atom. The zero-order chi connectivity index (χ0) is 12.3. The van der Waals surface area contributed by atoms with Crippen LogP contribution in [0, 0.1) is 17.3 Å². The fourth-order valence-electron chi connectivity index (χ4n) is 2.28. The molecule has 1 aliphatic carbocycles. The molecule has 1 rings (SSSR count). The van der Waals surface area contributed by atoms with E-state index in [4.69, 9.17) is 4.74 Å². The summed E-state index contributed by atoms with van der Waals surface area (Å²) in [6.45, 7) is 15.6. The van der Waals surface area contributed by atoms with Gasteiger partial charge in [0.1, 0.15) is 0 Å². The molecule has 16 heavy (non-hydrogen) atoms. The first-order valence-electron chi connectivity index (χ1n) is 6.74. The van der Waals surface area contributed by atoms with Gasteiger partial charge < -0.3 is 10.1 Å². The molecule has 0 radical (unpaired) electrons. The maximum absolute atomic E-state index is 5.74. The van der Waals surface area contributed by atoms with E-state index in [9.17, 15) is 0 Å². The summed E-state index contributed by atoms with van der Waals surface area (Å²) in [5.74, 6) is 1.51. The minimum atomic E-state index is 0.298. The van der Waals surface area contributed by atoms with Crippen LogP contribution in [-0.2, 0) is 4.74 Å². The van der Waals surface area contributed by atoms with Gasteiger partial charge in [-0.25, -0.2) is 0 Å². The number of rotatable bonds is 6. The lowest BCUT2D eigenvalue weighted by Gasteiger charge is -2.52. The quantitative estimate of drug-likeness (QED) is 0.753. The molecule has 3 atom stereocenters. The molecule has 1 fully saturated rings. The highest BCUT2D eigenvalue weighted by Crippen LogP contribution is 2.42. The Morgan fingerprint density at radius 3 is 2.38 bits per heavy atom. The average molecular weight is 227 g/mol. The molecule has 1 saturated carbocycles. The molecule has 0 aromatic carbocycles. The third-order valence-electron chi connectivity index (χ3n) is 4.37. The summed E-state index contributed by atoms with van der Waals surface area (Å²) >= 11 is 0. The van der Waals surface area contributed by atoms with Gasteiger partial charge in [0.25, 0.3) is 0 Å². The minimum Gasteiger partial charge on any atom is -0.378 e. The molecule has 0 aliphatic heterocycles. The van der Waals surface area contributed by atoms with E-state index >= 15 is 0 Å². The van der Waals surface area contributed by atoms with E-state index in [2.05, 4.69) is 46.9 Å². The van der Waals surface area contributed by atoms with Crippen LogP contribution < -0.4 is 5.32 Å². The van der Waals surface area contributed by atoms with Gasteiger partial charge in [-0.05, 0) is 31.7 Å². The summed E-state index contributed by atoms with van der Waals surface area (Å²) in [6, 6.07) is 0.630. The SMILES string of the molecule is CCOC1CC(NCC(C)C(C)C)C1(C)C. The second-order valence-electron chi connectivity index (χ2n) is 6.18. The Kier molecular flexibility index (Phi) is 4.81. The van der Waals surface area contributed by atoms with Crippen LogP contribution in [0.3, 0.4) is 0 Å². The Morgan fingerprint density at radius 1 is 1.31 bits per heavy atom. The summed E-state index contributed by atoms with van der Waals surface area (Å²) in [4.78, 5) is 0. The first kappa shape index (κ1) is 14.0. The molecule has 0 bridgehead atoms. The fourth-order valence-corrected chi connectivity index (χ4v) is 2.28. The molecule has 2 heteroatoms. The highest BCUT2D eigenvalue weighted by molar-refractivity contribution is 5.02. The Balaban J connectivity index is 2.31. The molecule has 0 aromatic heterocycles. The van der Waals surface area contributed by atoms with E-state index in [0.717, 1.165) is 25.0 Å². The monoisotopic (exact) mass is 227 g/mol. The Bertz CT molecular complexity index is 213. The van der Waals surface area contributed by atoms with Gasteiger partial charge >= 0.3 is 0 Å². The van der Waals surface area contributed by atoms with Crippen molar-refractivity contribution < 1.29 is 4.74 Å². The molecule has 0 aromatic rings. The van der Waals surface area contributed by atoms with Gasteiger partial charge in [0.05, 0.1) is 6.10 Å². The molecule has 1 aliphatic rings. The summed E-state index contributed by atoms with van der Waals surface area (Å²) in [6.07, 6.45) is 1.62. The molecule has 3 unspecified atom stereocenters. The largest absolute Gasteiger partial charge is 0.378 e. The molecule has 0 heterocycles. The van der Waals surface area contributed by atoms with Crippen molar-refractivity contribution in [1.82, 2.24) is 5.32 Å². The van der Waals surface area contributed by atoms with E-state index in [0.29, 0.717) is 17.6 Å². The number of nitrogens with one attached hydrogen (secondary N) is 1. The van der Waals surface area contributed by atoms with Gasteiger partial charge in [-0.2, -0.15) is 0 Å². The summed E-state index contributed by atoms with van der Waals surface area (Å²) in [5, 5.41) is 3.70. The standard InChI is InChI=1S/C14H29NO/c1-7-16-13-8-12(14(13,5)6)15-9-11(4)10(2)3/h10-13,15H,7-9H2,1-6H3. The number of ether oxygens (including phenoxy) is 1. The molecule has 0 spiro atoms. The van der Waals surface area contributed by atoms with E-state index in [-0.39, 0.29) is 0 Å². The summed E-state index contributed by atoms with van der Waals surface area (Å²) in [7, 11) is 0. The summed E-state index contributed by atoms with van der Waals surface area (Å²) in [5.41, 5.74) is 0.298. The van der Waals surface area contributed by atoms with Crippen molar-refractivity contribution in [2.75, 3.05) is 13.2 Å². The van der Waals surface area contributed by atoms with E-state index in [1.165, 1.54) is 6.42 Å².